The van der Waals surface area contributed by atoms with Crippen LogP contribution in [0.2, 0.25) is 0 Å². The van der Waals surface area contributed by atoms with Crippen LogP contribution in [0.15, 0.2) is 53.3 Å². The van der Waals surface area contributed by atoms with E-state index in [1.807, 2.05) is 0 Å². The molecule has 0 bridgehead atoms. The second kappa shape index (κ2) is 7.38. The van der Waals surface area contributed by atoms with Gasteiger partial charge in [0.25, 0.3) is 5.91 Å². The summed E-state index contributed by atoms with van der Waals surface area (Å²) >= 11 is 0. The summed E-state index contributed by atoms with van der Waals surface area (Å²) in [6, 6.07) is 10.9. The Balaban J connectivity index is 1.54. The number of aromatic nitrogens is 3. The van der Waals surface area contributed by atoms with Crippen molar-refractivity contribution >= 4 is 5.91 Å². The average Bonchev–Trinajstić information content (AvgIpc) is 3.10. The van der Waals surface area contributed by atoms with E-state index >= 15 is 0 Å². The van der Waals surface area contributed by atoms with Gasteiger partial charge in [-0.3, -0.25) is 9.78 Å². The molecule has 2 heterocycles. The first-order chi connectivity index (χ1) is 13.5. The summed E-state index contributed by atoms with van der Waals surface area (Å²) in [5.41, 5.74) is 0.472. The molecule has 28 heavy (non-hydrogen) atoms. The molecule has 1 amide bonds. The monoisotopic (exact) mass is 384 g/mol. The van der Waals surface area contributed by atoms with Crippen LogP contribution in [0.25, 0.3) is 5.69 Å². The summed E-state index contributed by atoms with van der Waals surface area (Å²) in [4.78, 5) is 29.4. The van der Waals surface area contributed by atoms with E-state index in [1.54, 1.807) is 4.90 Å². The normalized spacial score (nSPS) is 16.9. The molecule has 8 heteroatoms. The van der Waals surface area contributed by atoms with Crippen molar-refractivity contribution in [3.05, 3.63) is 82.0 Å². The van der Waals surface area contributed by atoms with Gasteiger partial charge in [0, 0.05) is 24.6 Å². The lowest BCUT2D eigenvalue weighted by atomic mass is 9.97. The van der Waals surface area contributed by atoms with Crippen LogP contribution < -0.4 is 5.69 Å². The van der Waals surface area contributed by atoms with Gasteiger partial charge < -0.3 is 4.90 Å². The molecule has 0 saturated carbocycles. The Hall–Kier alpha value is -3.29. The Bertz CT molecular complexity index is 1040. The molecule has 0 spiro atoms. The number of piperidine rings is 1. The van der Waals surface area contributed by atoms with E-state index in [0.29, 0.717) is 30.2 Å². The molecule has 1 fully saturated rings. The van der Waals surface area contributed by atoms with E-state index in [2.05, 4.69) is 10.1 Å². The summed E-state index contributed by atoms with van der Waals surface area (Å²) in [7, 11) is 0. The van der Waals surface area contributed by atoms with Crippen molar-refractivity contribution in [1.29, 1.82) is 0 Å². The lowest BCUT2D eigenvalue weighted by molar-refractivity contribution is 0.0704. The smallest absolute Gasteiger partial charge is 0.338 e. The number of carbonyl (C=O) groups is 1. The Morgan fingerprint density at radius 2 is 1.68 bits per heavy atom. The molecule has 1 aromatic heterocycles. The molecular formula is C20H18F2N4O2. The van der Waals surface area contributed by atoms with Crippen molar-refractivity contribution in [2.45, 2.75) is 18.8 Å². The number of hydrogen-bond acceptors (Lipinski definition) is 3. The van der Waals surface area contributed by atoms with Gasteiger partial charge in [0.2, 0.25) is 0 Å². The first-order valence-electron chi connectivity index (χ1n) is 9.01. The number of halogens is 2. The van der Waals surface area contributed by atoms with Crippen LogP contribution in [0, 0.1) is 11.6 Å². The van der Waals surface area contributed by atoms with Crippen LogP contribution >= 0.6 is 0 Å². The van der Waals surface area contributed by atoms with Gasteiger partial charge in [-0.25, -0.2) is 13.6 Å². The van der Waals surface area contributed by atoms with Gasteiger partial charge in [-0.1, -0.05) is 0 Å². The van der Waals surface area contributed by atoms with Crippen molar-refractivity contribution in [2.75, 3.05) is 13.1 Å². The number of likely N-dealkylation sites (tertiary alicyclic amines) is 1. The Morgan fingerprint density at radius 3 is 2.36 bits per heavy atom. The van der Waals surface area contributed by atoms with E-state index in [9.17, 15) is 18.4 Å². The number of carbonyl (C=O) groups excluding carboxylic acids is 1. The van der Waals surface area contributed by atoms with Gasteiger partial charge >= 0.3 is 5.69 Å². The number of rotatable bonds is 3. The number of hydrogen-bond donors (Lipinski definition) is 1. The van der Waals surface area contributed by atoms with Gasteiger partial charge in [-0.2, -0.15) is 4.68 Å². The van der Waals surface area contributed by atoms with Crippen molar-refractivity contribution in [1.82, 2.24) is 19.7 Å². The minimum Gasteiger partial charge on any atom is -0.338 e. The van der Waals surface area contributed by atoms with Gasteiger partial charge in [0.05, 0.1) is 5.69 Å². The van der Waals surface area contributed by atoms with E-state index in [1.165, 1.54) is 53.2 Å². The molecule has 1 aliphatic rings. The maximum Gasteiger partial charge on any atom is 0.348 e. The van der Waals surface area contributed by atoms with Crippen molar-refractivity contribution in [3.63, 3.8) is 0 Å². The topological polar surface area (TPSA) is 71.0 Å². The molecule has 1 aliphatic heterocycles. The molecule has 144 valence electrons. The zero-order valence-electron chi connectivity index (χ0n) is 14.9. The highest BCUT2D eigenvalue weighted by atomic mass is 19.1. The number of H-pyrrole nitrogens is 1. The summed E-state index contributed by atoms with van der Waals surface area (Å²) < 4.78 is 27.4. The number of nitrogens with zero attached hydrogens (tertiary/aromatic N) is 3. The highest BCUT2D eigenvalue weighted by Gasteiger charge is 2.28. The number of aromatic amines is 1. The van der Waals surface area contributed by atoms with Gasteiger partial charge in [-0.15, -0.1) is 5.10 Å². The Labute approximate surface area is 159 Å². The van der Waals surface area contributed by atoms with E-state index in [4.69, 9.17) is 0 Å². The molecule has 0 radical (unpaired) electrons. The molecule has 3 aromatic rings. The highest BCUT2D eigenvalue weighted by Crippen LogP contribution is 2.25. The summed E-state index contributed by atoms with van der Waals surface area (Å²) in [5, 5.41) is 4.35. The third kappa shape index (κ3) is 3.58. The SMILES string of the molecule is O=C(c1ccc(F)cc1)N1CCCC(c2nn(-c3ccc(F)cc3)c(=O)[nH]2)C1. The van der Waals surface area contributed by atoms with Gasteiger partial charge in [-0.05, 0) is 61.4 Å². The molecular weight excluding hydrogens is 366 g/mol. The first-order valence-corrected chi connectivity index (χ1v) is 9.01. The van der Waals surface area contributed by atoms with Gasteiger partial charge in [0.1, 0.15) is 17.5 Å². The fourth-order valence-corrected chi connectivity index (χ4v) is 3.44. The fourth-order valence-electron chi connectivity index (χ4n) is 3.44. The summed E-state index contributed by atoms with van der Waals surface area (Å²) in [5.74, 6) is -0.588. The average molecular weight is 384 g/mol. The van der Waals surface area contributed by atoms with Crippen molar-refractivity contribution < 1.29 is 13.6 Å². The number of nitrogens with one attached hydrogen (secondary N) is 1. The molecule has 1 N–H and O–H groups in total. The van der Waals surface area contributed by atoms with Crippen LogP contribution in [-0.2, 0) is 0 Å². The van der Waals surface area contributed by atoms with Crippen molar-refractivity contribution in [3.8, 4) is 5.69 Å². The molecule has 6 nitrogen and oxygen atoms in total. The maximum absolute atomic E-state index is 13.1. The zero-order valence-corrected chi connectivity index (χ0v) is 14.9. The summed E-state index contributed by atoms with van der Waals surface area (Å²) in [6.07, 6.45) is 1.55. The van der Waals surface area contributed by atoms with Gasteiger partial charge in [0.15, 0.2) is 0 Å². The third-order valence-corrected chi connectivity index (χ3v) is 4.89. The minimum atomic E-state index is -0.413. The molecule has 1 unspecified atom stereocenters. The zero-order chi connectivity index (χ0) is 19.7. The lowest BCUT2D eigenvalue weighted by Crippen LogP contribution is -2.39. The summed E-state index contributed by atoms with van der Waals surface area (Å²) in [6.45, 7) is 1.00. The van der Waals surface area contributed by atoms with Crippen LogP contribution in [0.4, 0.5) is 8.78 Å². The van der Waals surface area contributed by atoms with Crippen LogP contribution in [0.1, 0.15) is 34.9 Å². The molecule has 1 atom stereocenters. The van der Waals surface area contributed by atoms with Crippen molar-refractivity contribution in [2.24, 2.45) is 0 Å². The molecule has 0 aliphatic carbocycles. The lowest BCUT2D eigenvalue weighted by Gasteiger charge is -2.31. The Kier molecular flexibility index (Phi) is 4.77. The highest BCUT2D eigenvalue weighted by molar-refractivity contribution is 5.94. The molecule has 4 rings (SSSR count). The third-order valence-electron chi connectivity index (χ3n) is 4.89. The minimum absolute atomic E-state index is 0.118. The van der Waals surface area contributed by atoms with E-state index in [-0.39, 0.29) is 11.8 Å². The largest absolute Gasteiger partial charge is 0.348 e. The standard InChI is InChI=1S/C20H18F2N4O2/c21-15-5-3-13(4-6-15)19(27)25-11-1-2-14(12-25)18-23-20(28)26(24-18)17-9-7-16(22)8-10-17/h3-10,14H,1-2,11-12H2,(H,23,24,28). The molecule has 1 saturated heterocycles. The number of benzene rings is 2. The predicted molar refractivity (Wildman–Crippen MR) is 98.4 cm³/mol. The molecule has 2 aromatic carbocycles. The van der Waals surface area contributed by atoms with E-state index < -0.39 is 17.3 Å². The van der Waals surface area contributed by atoms with Crippen LogP contribution in [-0.4, -0.2) is 38.7 Å². The number of amides is 1. The quantitative estimate of drug-likeness (QED) is 0.755. The second-order valence-electron chi connectivity index (χ2n) is 6.80. The first kappa shape index (κ1) is 18.1. The van der Waals surface area contributed by atoms with Crippen LogP contribution in [0.5, 0.6) is 0 Å². The Morgan fingerprint density at radius 1 is 1.04 bits per heavy atom. The second-order valence-corrected chi connectivity index (χ2v) is 6.80. The maximum atomic E-state index is 13.1. The van der Waals surface area contributed by atoms with Crippen LogP contribution in [0.3, 0.4) is 0 Å². The predicted octanol–water partition coefficient (Wildman–Crippen LogP) is 2.86. The fraction of sp³-hybridized carbons (Fsp3) is 0.250. The van der Waals surface area contributed by atoms with E-state index in [0.717, 1.165) is 12.8 Å².